The number of furan rings is 1. The zero-order valence-electron chi connectivity index (χ0n) is 14.1. The average molecular weight is 357 g/mol. The lowest BCUT2D eigenvalue weighted by Gasteiger charge is -2.16. The van der Waals surface area contributed by atoms with E-state index < -0.39 is 23.8 Å². The average Bonchev–Trinajstić information content (AvgIpc) is 3.16. The molecule has 1 aromatic heterocycles. The second kappa shape index (κ2) is 8.52. The van der Waals surface area contributed by atoms with Crippen molar-refractivity contribution in [3.05, 3.63) is 59.7 Å². The van der Waals surface area contributed by atoms with Gasteiger partial charge in [0.2, 0.25) is 0 Å². The molecule has 0 aliphatic heterocycles. The number of methoxy groups -OCH3 is 1. The molecule has 0 saturated heterocycles. The summed E-state index contributed by atoms with van der Waals surface area (Å²) in [6.07, 6.45) is 2.72. The molecule has 1 heterocycles. The van der Waals surface area contributed by atoms with Crippen LogP contribution in [0, 0.1) is 0 Å². The summed E-state index contributed by atoms with van der Waals surface area (Å²) >= 11 is 0. The van der Waals surface area contributed by atoms with E-state index in [2.05, 4.69) is 10.6 Å². The number of nitrogens with one attached hydrogen (secondary N) is 2. The van der Waals surface area contributed by atoms with Crippen LogP contribution in [0.4, 0.5) is 0 Å². The SMILES string of the molecule is COc1ccc(/C=C(\NC(=O)c2ccco2)C(=O)N[C@@H](C)C(=O)[O-])cc1. The van der Waals surface area contributed by atoms with Gasteiger partial charge in [-0.15, -0.1) is 0 Å². The summed E-state index contributed by atoms with van der Waals surface area (Å²) in [6.45, 7) is 1.26. The van der Waals surface area contributed by atoms with Crippen molar-refractivity contribution in [1.29, 1.82) is 0 Å². The maximum atomic E-state index is 12.4. The van der Waals surface area contributed by atoms with Gasteiger partial charge in [0, 0.05) is 0 Å². The van der Waals surface area contributed by atoms with Crippen molar-refractivity contribution in [3.8, 4) is 5.75 Å². The van der Waals surface area contributed by atoms with Crippen LogP contribution in [-0.2, 0) is 9.59 Å². The fourth-order valence-corrected chi connectivity index (χ4v) is 1.95. The van der Waals surface area contributed by atoms with Gasteiger partial charge in [0.15, 0.2) is 5.76 Å². The predicted octanol–water partition coefficient (Wildman–Crippen LogP) is 0.314. The van der Waals surface area contributed by atoms with Gasteiger partial charge in [-0.3, -0.25) is 9.59 Å². The Morgan fingerprint density at radius 1 is 1.19 bits per heavy atom. The third-order valence-electron chi connectivity index (χ3n) is 3.37. The molecule has 0 unspecified atom stereocenters. The fourth-order valence-electron chi connectivity index (χ4n) is 1.95. The minimum atomic E-state index is -1.44. The molecule has 1 aromatic carbocycles. The van der Waals surface area contributed by atoms with E-state index in [4.69, 9.17) is 9.15 Å². The molecule has 8 heteroatoms. The fraction of sp³-hybridized carbons (Fsp3) is 0.167. The van der Waals surface area contributed by atoms with Crippen LogP contribution in [0.25, 0.3) is 6.08 Å². The lowest BCUT2D eigenvalue weighted by atomic mass is 10.1. The highest BCUT2D eigenvalue weighted by molar-refractivity contribution is 6.05. The summed E-state index contributed by atoms with van der Waals surface area (Å²) in [6, 6.07) is 8.43. The number of benzene rings is 1. The monoisotopic (exact) mass is 357 g/mol. The van der Waals surface area contributed by atoms with Gasteiger partial charge in [-0.1, -0.05) is 12.1 Å². The zero-order chi connectivity index (χ0) is 19.1. The topological polar surface area (TPSA) is 121 Å². The highest BCUT2D eigenvalue weighted by Crippen LogP contribution is 2.14. The van der Waals surface area contributed by atoms with E-state index in [1.54, 1.807) is 24.3 Å². The van der Waals surface area contributed by atoms with Gasteiger partial charge in [-0.2, -0.15) is 0 Å². The number of rotatable bonds is 7. The van der Waals surface area contributed by atoms with E-state index in [0.717, 1.165) is 0 Å². The number of carboxylic acid groups (broad SMARTS) is 1. The number of hydrogen-bond acceptors (Lipinski definition) is 6. The van der Waals surface area contributed by atoms with Gasteiger partial charge < -0.3 is 29.7 Å². The van der Waals surface area contributed by atoms with Crippen LogP contribution in [0.5, 0.6) is 5.75 Å². The number of amides is 2. The number of carbonyl (C=O) groups excluding carboxylic acids is 3. The summed E-state index contributed by atoms with van der Waals surface area (Å²) in [7, 11) is 1.52. The Balaban J connectivity index is 2.27. The highest BCUT2D eigenvalue weighted by Gasteiger charge is 2.18. The Kier molecular flexibility index (Phi) is 6.15. The largest absolute Gasteiger partial charge is 0.548 e. The smallest absolute Gasteiger partial charge is 0.291 e. The lowest BCUT2D eigenvalue weighted by molar-refractivity contribution is -0.307. The van der Waals surface area contributed by atoms with Crippen molar-refractivity contribution < 1.29 is 28.6 Å². The molecule has 0 aliphatic carbocycles. The summed E-state index contributed by atoms with van der Waals surface area (Å²) in [5.74, 6) is -2.24. The lowest BCUT2D eigenvalue weighted by Crippen LogP contribution is -2.48. The standard InChI is InChI=1S/C18H18N2O6/c1-11(18(23)24)19-16(21)14(20-17(22)15-4-3-9-26-15)10-12-5-7-13(25-2)8-6-12/h3-11H,1-2H3,(H,19,21)(H,20,22)(H,23,24)/p-1/b14-10-/t11-/m0/s1. The number of aliphatic carboxylic acids is 1. The van der Waals surface area contributed by atoms with Crippen molar-refractivity contribution in [3.63, 3.8) is 0 Å². The van der Waals surface area contributed by atoms with Gasteiger partial charge in [0.05, 0.1) is 25.4 Å². The quantitative estimate of drug-likeness (QED) is 0.688. The molecule has 0 spiro atoms. The summed E-state index contributed by atoms with van der Waals surface area (Å²) in [4.78, 5) is 35.3. The maximum Gasteiger partial charge on any atom is 0.291 e. The van der Waals surface area contributed by atoms with E-state index >= 15 is 0 Å². The van der Waals surface area contributed by atoms with Crippen molar-refractivity contribution in [1.82, 2.24) is 10.6 Å². The molecule has 0 aliphatic rings. The van der Waals surface area contributed by atoms with E-state index in [-0.39, 0.29) is 11.5 Å². The zero-order valence-corrected chi connectivity index (χ0v) is 14.1. The Labute approximate surface area is 149 Å². The molecule has 1 atom stereocenters. The second-order valence-electron chi connectivity index (χ2n) is 5.28. The second-order valence-corrected chi connectivity index (χ2v) is 5.28. The van der Waals surface area contributed by atoms with Gasteiger partial charge in [0.25, 0.3) is 11.8 Å². The molecular formula is C18H17N2O6-. The molecule has 26 heavy (non-hydrogen) atoms. The van der Waals surface area contributed by atoms with Gasteiger partial charge in [-0.25, -0.2) is 0 Å². The molecule has 0 bridgehead atoms. The number of hydrogen-bond donors (Lipinski definition) is 2. The van der Waals surface area contributed by atoms with Crippen LogP contribution in [0.2, 0.25) is 0 Å². The molecule has 2 N–H and O–H groups in total. The molecule has 0 radical (unpaired) electrons. The molecule has 8 nitrogen and oxygen atoms in total. The summed E-state index contributed by atoms with van der Waals surface area (Å²) < 4.78 is 10.0. The van der Waals surface area contributed by atoms with E-state index in [1.807, 2.05) is 0 Å². The minimum absolute atomic E-state index is 0.00591. The van der Waals surface area contributed by atoms with Crippen LogP contribution in [-0.4, -0.2) is 30.9 Å². The summed E-state index contributed by atoms with van der Waals surface area (Å²) in [5, 5.41) is 15.5. The van der Waals surface area contributed by atoms with Gasteiger partial charge in [0.1, 0.15) is 11.4 Å². The van der Waals surface area contributed by atoms with E-state index in [9.17, 15) is 19.5 Å². The number of carboxylic acids is 1. The first-order valence-electron chi connectivity index (χ1n) is 7.63. The van der Waals surface area contributed by atoms with E-state index in [0.29, 0.717) is 11.3 Å². The first kappa shape index (κ1) is 18.8. The van der Waals surface area contributed by atoms with Crippen molar-refractivity contribution in [2.24, 2.45) is 0 Å². The van der Waals surface area contributed by atoms with Crippen LogP contribution < -0.4 is 20.5 Å². The summed E-state index contributed by atoms with van der Waals surface area (Å²) in [5.41, 5.74) is 0.446. The molecule has 2 rings (SSSR count). The molecule has 0 saturated carbocycles. The third kappa shape index (κ3) is 4.97. The molecule has 2 aromatic rings. The van der Waals surface area contributed by atoms with Crippen LogP contribution in [0.3, 0.4) is 0 Å². The van der Waals surface area contributed by atoms with Crippen LogP contribution >= 0.6 is 0 Å². The van der Waals surface area contributed by atoms with Crippen LogP contribution in [0.15, 0.2) is 52.8 Å². The van der Waals surface area contributed by atoms with E-state index in [1.165, 1.54) is 38.5 Å². The Hall–Kier alpha value is -3.55. The molecular weight excluding hydrogens is 340 g/mol. The maximum absolute atomic E-state index is 12.4. The van der Waals surface area contributed by atoms with Gasteiger partial charge in [-0.05, 0) is 42.8 Å². The molecule has 0 fully saturated rings. The first-order valence-corrected chi connectivity index (χ1v) is 7.63. The third-order valence-corrected chi connectivity index (χ3v) is 3.37. The highest BCUT2D eigenvalue weighted by atomic mass is 16.5. The van der Waals surface area contributed by atoms with Crippen LogP contribution in [0.1, 0.15) is 23.0 Å². The van der Waals surface area contributed by atoms with Crippen molar-refractivity contribution in [2.45, 2.75) is 13.0 Å². The Morgan fingerprint density at radius 2 is 1.88 bits per heavy atom. The molecule has 2 amide bonds. The first-order chi connectivity index (χ1) is 12.4. The Bertz CT molecular complexity index is 809. The minimum Gasteiger partial charge on any atom is -0.548 e. The Morgan fingerprint density at radius 3 is 2.42 bits per heavy atom. The van der Waals surface area contributed by atoms with Crippen molar-refractivity contribution >= 4 is 23.9 Å². The van der Waals surface area contributed by atoms with Crippen molar-refractivity contribution in [2.75, 3.05) is 7.11 Å². The number of ether oxygens (including phenoxy) is 1. The van der Waals surface area contributed by atoms with Gasteiger partial charge >= 0.3 is 0 Å². The predicted molar refractivity (Wildman–Crippen MR) is 89.8 cm³/mol. The molecule has 136 valence electrons. The normalized spacial score (nSPS) is 12.2. The number of carbonyl (C=O) groups is 3.